The zero-order valence-electron chi connectivity index (χ0n) is 58.3. The SMILES string of the molecule is C[C@@H](O)[C@@H]1NC(=O)C(NC(=O)OC(C)(C)C)C[C@@H](O)CNC(=O)[C@@H]2[C@@H](O)[C@@H](C)CN2C(=O)[C@H]([C@H](O)CCNC(=O)OCC2c3ccccc3-c3ccccc32)NC(=O)[C@H]([C@H](O)Cc2ccc(O)c(OCCN(CCO)C(=O)OCC3c4ccccc4-c4ccccc43)c2)NC(=O)[C@@H]2C[C@@H](O)CN2C1=O. The molecule has 14 N–H and O–H groups in total. The topological polar surface area (TPSA) is 434 Å². The van der Waals surface area contributed by atoms with E-state index < -0.39 is 196 Å². The Morgan fingerprint density at radius 1 is 0.644 bits per heavy atom. The summed E-state index contributed by atoms with van der Waals surface area (Å²) in [5.74, 6) is -9.28. The maximum Gasteiger partial charge on any atom is 0.409 e. The molecule has 30 heteroatoms. The molecular weight excluding hydrogens is 1350 g/mol. The number of rotatable bonds is 19. The van der Waals surface area contributed by atoms with E-state index in [0.717, 1.165) is 61.2 Å². The van der Waals surface area contributed by atoms with Gasteiger partial charge in [-0.25, -0.2) is 14.4 Å². The lowest BCUT2D eigenvalue weighted by atomic mass is 9.98. The molecule has 1 unspecified atom stereocenters. The van der Waals surface area contributed by atoms with Crippen molar-refractivity contribution in [2.45, 2.75) is 151 Å². The number of alkyl carbamates (subject to hydrolysis) is 2. The van der Waals surface area contributed by atoms with Gasteiger partial charge >= 0.3 is 18.3 Å². The fourth-order valence-corrected chi connectivity index (χ4v) is 14.0. The van der Waals surface area contributed by atoms with Crippen LogP contribution in [0, 0.1) is 5.92 Å². The summed E-state index contributed by atoms with van der Waals surface area (Å²) in [7, 11) is 0. The summed E-state index contributed by atoms with van der Waals surface area (Å²) in [6.07, 6.45) is -15.8. The number of hydrogen-bond donors (Lipinski definition) is 14. The molecule has 558 valence electrons. The van der Waals surface area contributed by atoms with Gasteiger partial charge in [-0.3, -0.25) is 28.8 Å². The van der Waals surface area contributed by atoms with E-state index in [2.05, 4.69) is 31.9 Å². The van der Waals surface area contributed by atoms with Crippen LogP contribution in [0.25, 0.3) is 22.3 Å². The van der Waals surface area contributed by atoms with Gasteiger partial charge in [-0.15, -0.1) is 0 Å². The Morgan fingerprint density at radius 3 is 1.78 bits per heavy atom. The summed E-state index contributed by atoms with van der Waals surface area (Å²) in [5.41, 5.74) is 6.83. The highest BCUT2D eigenvalue weighted by atomic mass is 16.6. The normalized spacial score (nSPS) is 24.1. The quantitative estimate of drug-likeness (QED) is 0.0513. The smallest absolute Gasteiger partial charge is 0.409 e. The standard InChI is InChI=1S/C74H91N9O21/c1-39-35-83-63(64(39)91)68(95)76-34-42(86)32-54(77-72(99)104-74(3,4)5)65(92)78-60(40(2)85)69(96)82-36-43(87)33-55(82)66(93)79-61(67(94)80-62(70(83)97)57(89)24-25-75-71(98)102-37-52-48-18-10-6-14-44(48)45-15-7-11-19-49(45)52)58(90)30-41-22-23-56(88)59(31-41)101-29-27-81(26-28-84)73(100)103-38-53-50-20-12-8-16-46(50)47-17-9-13-21-51(47)53/h6-23,31,39-40,42-43,52-55,57-58,60-64,84-91H,24-30,32-38H2,1-5H3,(H,75,98)(H,76,95)(H,77,99)(H,78,92)(H,79,93)(H,80,94)/t39-,40+,42+,43+,54?,55-,57+,58+,60-,61-,62-,63-,64-/m0/s1. The van der Waals surface area contributed by atoms with Crippen LogP contribution in [-0.4, -0.2) is 253 Å². The van der Waals surface area contributed by atoms with Crippen LogP contribution in [0.1, 0.15) is 93.5 Å². The molecule has 0 spiro atoms. The number of aromatic hydroxyl groups is 1. The molecule has 2 aliphatic carbocycles. The number of β-amino-alcohol motifs (C(OH)–C–C–N with tert-alkyl or cyclic N) is 1. The van der Waals surface area contributed by atoms with Gasteiger partial charge in [0, 0.05) is 69.7 Å². The predicted molar refractivity (Wildman–Crippen MR) is 372 cm³/mol. The monoisotopic (exact) mass is 1440 g/mol. The van der Waals surface area contributed by atoms with Crippen LogP contribution in [0.3, 0.4) is 0 Å². The Bertz CT molecular complexity index is 3870. The average Bonchev–Trinajstić information content (AvgIpc) is 1.63. The molecule has 30 nitrogen and oxygen atoms in total. The van der Waals surface area contributed by atoms with Crippen molar-refractivity contribution in [3.63, 3.8) is 0 Å². The lowest BCUT2D eigenvalue weighted by molar-refractivity contribution is -0.147. The molecule has 3 heterocycles. The van der Waals surface area contributed by atoms with Crippen LogP contribution in [0.5, 0.6) is 11.5 Å². The number of carbonyl (C=O) groups is 9. The molecule has 0 aromatic heterocycles. The van der Waals surface area contributed by atoms with Crippen molar-refractivity contribution in [3.8, 4) is 33.8 Å². The third-order valence-corrected chi connectivity index (χ3v) is 19.2. The molecule has 3 fully saturated rings. The van der Waals surface area contributed by atoms with Crippen LogP contribution >= 0.6 is 0 Å². The van der Waals surface area contributed by atoms with Gasteiger partial charge in [0.15, 0.2) is 11.5 Å². The second-order valence-corrected chi connectivity index (χ2v) is 27.9. The number of phenolic OH excluding ortho intramolecular Hbond substituents is 1. The van der Waals surface area contributed by atoms with E-state index in [4.69, 9.17) is 18.9 Å². The van der Waals surface area contributed by atoms with E-state index >= 15 is 9.59 Å². The van der Waals surface area contributed by atoms with Crippen molar-refractivity contribution in [2.75, 3.05) is 65.7 Å². The van der Waals surface area contributed by atoms with Crippen molar-refractivity contribution < 1.29 is 103 Å². The van der Waals surface area contributed by atoms with E-state index in [1.807, 2.05) is 97.1 Å². The number of nitrogens with zero attached hydrogens (tertiary/aromatic N) is 3. The highest BCUT2D eigenvalue weighted by Crippen LogP contribution is 2.46. The van der Waals surface area contributed by atoms with Crippen LogP contribution in [-0.2, 0) is 49.4 Å². The van der Waals surface area contributed by atoms with Crippen LogP contribution < -0.4 is 36.6 Å². The zero-order chi connectivity index (χ0) is 74.8. The van der Waals surface area contributed by atoms with Gasteiger partial charge < -0.3 is 106 Å². The second-order valence-electron chi connectivity index (χ2n) is 27.9. The summed E-state index contributed by atoms with van der Waals surface area (Å²) in [6.45, 7) is 3.95. The molecule has 5 aromatic carbocycles. The Balaban J connectivity index is 0.920. The zero-order valence-corrected chi connectivity index (χ0v) is 58.3. The molecule has 13 atom stereocenters. The van der Waals surface area contributed by atoms with E-state index in [0.29, 0.717) is 0 Å². The molecule has 0 saturated carbocycles. The number of amides is 9. The minimum Gasteiger partial charge on any atom is -0.504 e. The van der Waals surface area contributed by atoms with E-state index in [1.165, 1.54) is 50.8 Å². The van der Waals surface area contributed by atoms with E-state index in [-0.39, 0.29) is 62.6 Å². The highest BCUT2D eigenvalue weighted by molar-refractivity contribution is 5.98. The van der Waals surface area contributed by atoms with Crippen LogP contribution in [0.2, 0.25) is 0 Å². The predicted octanol–water partition coefficient (Wildman–Crippen LogP) is 0.986. The van der Waals surface area contributed by atoms with Gasteiger partial charge in [0.2, 0.25) is 35.4 Å². The van der Waals surface area contributed by atoms with Crippen molar-refractivity contribution in [3.05, 3.63) is 143 Å². The molecular formula is C74H91N9O21. The summed E-state index contributed by atoms with van der Waals surface area (Å²) in [4.78, 5) is 132. The summed E-state index contributed by atoms with van der Waals surface area (Å²) in [6, 6.07) is 23.1. The molecule has 0 radical (unpaired) electrons. The van der Waals surface area contributed by atoms with E-state index in [1.54, 1.807) is 0 Å². The maximum absolute atomic E-state index is 15.3. The molecule has 3 saturated heterocycles. The maximum atomic E-state index is 15.3. The van der Waals surface area contributed by atoms with Gasteiger partial charge in [-0.2, -0.15) is 0 Å². The summed E-state index contributed by atoms with van der Waals surface area (Å²) in [5, 5.41) is 106. The summed E-state index contributed by atoms with van der Waals surface area (Å²) < 4.78 is 22.9. The highest BCUT2D eigenvalue weighted by Gasteiger charge is 2.50. The number of aliphatic hydroxyl groups is 7. The number of aliphatic hydroxyl groups excluding tert-OH is 7. The number of carbonyl (C=O) groups excluding carboxylic acids is 9. The van der Waals surface area contributed by atoms with Gasteiger partial charge in [0.25, 0.3) is 0 Å². The van der Waals surface area contributed by atoms with Crippen LogP contribution in [0.4, 0.5) is 14.4 Å². The molecule has 10 rings (SSSR count). The van der Waals surface area contributed by atoms with Gasteiger partial charge in [-0.1, -0.05) is 110 Å². The lowest BCUT2D eigenvalue weighted by Gasteiger charge is -2.34. The van der Waals surface area contributed by atoms with Crippen molar-refractivity contribution >= 4 is 53.7 Å². The molecule has 104 heavy (non-hydrogen) atoms. The van der Waals surface area contributed by atoms with Gasteiger partial charge in [0.05, 0.1) is 49.8 Å². The summed E-state index contributed by atoms with van der Waals surface area (Å²) >= 11 is 0. The van der Waals surface area contributed by atoms with Crippen molar-refractivity contribution in [1.29, 1.82) is 0 Å². The number of fused-ring (bicyclic) bond motifs is 8. The minimum absolute atomic E-state index is 0.0189. The Kier molecular flexibility index (Phi) is 24.8. The number of ether oxygens (including phenoxy) is 4. The molecule has 3 aliphatic heterocycles. The third-order valence-electron chi connectivity index (χ3n) is 19.2. The van der Waals surface area contributed by atoms with Crippen molar-refractivity contribution in [2.24, 2.45) is 5.92 Å². The minimum atomic E-state index is -2.20. The average molecular weight is 1440 g/mol. The number of hydrogen-bond acceptors (Lipinski definition) is 21. The molecule has 5 aliphatic rings. The third kappa shape index (κ3) is 18.0. The first-order chi connectivity index (χ1) is 49.6. The van der Waals surface area contributed by atoms with E-state index in [9.17, 15) is 74.4 Å². The molecule has 9 amide bonds. The fourth-order valence-electron chi connectivity index (χ4n) is 14.0. The first-order valence-electron chi connectivity index (χ1n) is 34.7. The first-order valence-corrected chi connectivity index (χ1v) is 34.7. The molecule has 0 bridgehead atoms. The van der Waals surface area contributed by atoms with Crippen LogP contribution in [0.15, 0.2) is 115 Å². The fraction of sp³-hybridized carbons (Fsp3) is 0.473. The number of benzene rings is 5. The lowest BCUT2D eigenvalue weighted by Crippen LogP contribution is -2.64. The number of nitrogens with one attached hydrogen (secondary N) is 6. The molecule has 5 aromatic rings. The van der Waals surface area contributed by atoms with Gasteiger partial charge in [-0.05, 0) is 96.3 Å². The Hall–Kier alpha value is -9.95. The van der Waals surface area contributed by atoms with Gasteiger partial charge in [0.1, 0.15) is 61.7 Å². The Morgan fingerprint density at radius 2 is 1.20 bits per heavy atom. The largest absolute Gasteiger partial charge is 0.504 e. The first kappa shape index (κ1) is 76.7. The Labute approximate surface area is 600 Å². The number of phenols is 1. The second kappa shape index (κ2) is 33.7. The van der Waals surface area contributed by atoms with Crippen molar-refractivity contribution in [1.82, 2.24) is 46.6 Å².